The molecule has 0 saturated carbocycles. The van der Waals surface area contributed by atoms with Crippen molar-refractivity contribution in [2.75, 3.05) is 13.2 Å². The maximum atomic E-state index is 5.47. The second-order valence-electron chi connectivity index (χ2n) is 5.50. The minimum absolute atomic E-state index is 0.240. The lowest BCUT2D eigenvalue weighted by Gasteiger charge is -2.00. The third kappa shape index (κ3) is 2.03. The van der Waals surface area contributed by atoms with Crippen molar-refractivity contribution in [2.45, 2.75) is 26.2 Å². The first-order valence-electron chi connectivity index (χ1n) is 7.09. The van der Waals surface area contributed by atoms with E-state index in [0.29, 0.717) is 12.5 Å². The number of hydrogen-bond donors (Lipinski definition) is 0. The standard InChI is InChI=1S/C15H16N4O2/c1-9-3-4-12-16-10(2)13(19(12)7-9)15-17-14(18-21-15)11-5-6-20-8-11/h3-4,7,11H,5-6,8H2,1-2H3/t11-/m1/s1. The Morgan fingerprint density at radius 1 is 1.24 bits per heavy atom. The van der Waals surface area contributed by atoms with Crippen LogP contribution in [0.3, 0.4) is 0 Å². The third-order valence-electron chi connectivity index (χ3n) is 3.88. The molecule has 1 fully saturated rings. The molecule has 0 radical (unpaired) electrons. The van der Waals surface area contributed by atoms with Gasteiger partial charge in [0.1, 0.15) is 11.3 Å². The van der Waals surface area contributed by atoms with Gasteiger partial charge >= 0.3 is 0 Å². The molecule has 1 aliphatic heterocycles. The zero-order valence-electron chi connectivity index (χ0n) is 12.0. The molecular formula is C15H16N4O2. The molecule has 3 aromatic heterocycles. The summed E-state index contributed by atoms with van der Waals surface area (Å²) >= 11 is 0. The molecular weight excluding hydrogens is 268 g/mol. The van der Waals surface area contributed by atoms with Crippen LogP contribution in [0.2, 0.25) is 0 Å². The molecule has 4 heterocycles. The number of ether oxygens (including phenoxy) is 1. The first kappa shape index (κ1) is 12.5. The van der Waals surface area contributed by atoms with Crippen LogP contribution in [-0.2, 0) is 4.74 Å². The highest BCUT2D eigenvalue weighted by atomic mass is 16.5. The van der Waals surface area contributed by atoms with E-state index in [2.05, 4.69) is 15.1 Å². The van der Waals surface area contributed by atoms with E-state index in [0.717, 1.165) is 41.5 Å². The molecule has 0 amide bonds. The molecule has 0 bridgehead atoms. The SMILES string of the molecule is Cc1ccc2nc(C)c(-c3nc([C@@H]4CCOC4)no3)n2c1. The van der Waals surface area contributed by atoms with Gasteiger partial charge in [-0.25, -0.2) is 4.98 Å². The first-order chi connectivity index (χ1) is 10.2. The molecule has 0 unspecified atom stereocenters. The molecule has 0 aromatic carbocycles. The Hall–Kier alpha value is -2.21. The van der Waals surface area contributed by atoms with Crippen molar-refractivity contribution in [1.82, 2.24) is 19.5 Å². The number of aryl methyl sites for hydroxylation is 2. The molecule has 1 atom stereocenters. The molecule has 0 aliphatic carbocycles. The molecule has 1 aliphatic rings. The molecule has 4 rings (SSSR count). The van der Waals surface area contributed by atoms with Crippen LogP contribution in [-0.4, -0.2) is 32.7 Å². The fraction of sp³-hybridized carbons (Fsp3) is 0.400. The van der Waals surface area contributed by atoms with Crippen LogP contribution in [0.1, 0.15) is 29.4 Å². The van der Waals surface area contributed by atoms with Gasteiger partial charge in [0.15, 0.2) is 5.82 Å². The molecule has 1 saturated heterocycles. The number of hydrogen-bond acceptors (Lipinski definition) is 5. The van der Waals surface area contributed by atoms with Gasteiger partial charge in [-0.2, -0.15) is 4.98 Å². The fourth-order valence-corrected chi connectivity index (χ4v) is 2.76. The van der Waals surface area contributed by atoms with Crippen LogP contribution in [0.25, 0.3) is 17.2 Å². The van der Waals surface area contributed by atoms with E-state index in [1.807, 2.05) is 36.6 Å². The van der Waals surface area contributed by atoms with Crippen molar-refractivity contribution in [1.29, 1.82) is 0 Å². The maximum Gasteiger partial charge on any atom is 0.276 e. The maximum absolute atomic E-state index is 5.47. The summed E-state index contributed by atoms with van der Waals surface area (Å²) in [4.78, 5) is 9.10. The molecule has 108 valence electrons. The first-order valence-corrected chi connectivity index (χ1v) is 7.09. The number of imidazole rings is 1. The zero-order valence-corrected chi connectivity index (χ0v) is 12.0. The minimum Gasteiger partial charge on any atom is -0.381 e. The van der Waals surface area contributed by atoms with E-state index in [9.17, 15) is 0 Å². The number of nitrogens with zero attached hydrogens (tertiary/aromatic N) is 4. The van der Waals surface area contributed by atoms with Gasteiger partial charge < -0.3 is 9.26 Å². The Labute approximate surface area is 121 Å². The Bertz CT molecular complexity index is 799. The van der Waals surface area contributed by atoms with E-state index < -0.39 is 0 Å². The van der Waals surface area contributed by atoms with Crippen molar-refractivity contribution in [3.63, 3.8) is 0 Å². The third-order valence-corrected chi connectivity index (χ3v) is 3.88. The monoisotopic (exact) mass is 284 g/mol. The van der Waals surface area contributed by atoms with Crippen molar-refractivity contribution in [2.24, 2.45) is 0 Å². The highest BCUT2D eigenvalue weighted by Crippen LogP contribution is 2.28. The molecule has 3 aromatic rings. The molecule has 6 nitrogen and oxygen atoms in total. The van der Waals surface area contributed by atoms with Crippen LogP contribution < -0.4 is 0 Å². The van der Waals surface area contributed by atoms with E-state index in [1.54, 1.807) is 0 Å². The summed E-state index contributed by atoms with van der Waals surface area (Å²) in [5.74, 6) is 1.49. The Kier molecular flexibility index (Phi) is 2.78. The Morgan fingerprint density at radius 3 is 2.95 bits per heavy atom. The Balaban J connectivity index is 1.82. The van der Waals surface area contributed by atoms with Gasteiger partial charge in [0, 0.05) is 18.7 Å². The number of rotatable bonds is 2. The van der Waals surface area contributed by atoms with Crippen LogP contribution in [0.4, 0.5) is 0 Å². The van der Waals surface area contributed by atoms with Gasteiger partial charge in [-0.05, 0) is 31.9 Å². The van der Waals surface area contributed by atoms with E-state index in [4.69, 9.17) is 9.26 Å². The van der Waals surface area contributed by atoms with E-state index >= 15 is 0 Å². The zero-order chi connectivity index (χ0) is 14.4. The summed E-state index contributed by atoms with van der Waals surface area (Å²) in [6.45, 7) is 5.44. The van der Waals surface area contributed by atoms with E-state index in [-0.39, 0.29) is 5.92 Å². The number of fused-ring (bicyclic) bond motifs is 1. The van der Waals surface area contributed by atoms with Crippen molar-refractivity contribution in [3.8, 4) is 11.6 Å². The average Bonchev–Trinajstić information content (AvgIpc) is 3.15. The predicted molar refractivity (Wildman–Crippen MR) is 76.1 cm³/mol. The smallest absolute Gasteiger partial charge is 0.276 e. The van der Waals surface area contributed by atoms with Crippen molar-refractivity contribution in [3.05, 3.63) is 35.4 Å². The van der Waals surface area contributed by atoms with Crippen LogP contribution in [0.5, 0.6) is 0 Å². The quantitative estimate of drug-likeness (QED) is 0.723. The van der Waals surface area contributed by atoms with Gasteiger partial charge in [0.2, 0.25) is 0 Å². The van der Waals surface area contributed by atoms with E-state index in [1.165, 1.54) is 0 Å². The van der Waals surface area contributed by atoms with Crippen LogP contribution in [0.15, 0.2) is 22.9 Å². The Morgan fingerprint density at radius 2 is 2.14 bits per heavy atom. The summed E-state index contributed by atoms with van der Waals surface area (Å²) in [6, 6.07) is 4.04. The summed E-state index contributed by atoms with van der Waals surface area (Å²) < 4.78 is 12.9. The lowest BCUT2D eigenvalue weighted by atomic mass is 10.1. The molecule has 0 N–H and O–H groups in total. The second-order valence-corrected chi connectivity index (χ2v) is 5.50. The van der Waals surface area contributed by atoms with Crippen molar-refractivity contribution >= 4 is 5.65 Å². The lowest BCUT2D eigenvalue weighted by molar-refractivity contribution is 0.192. The predicted octanol–water partition coefficient (Wildman–Crippen LogP) is 2.51. The summed E-state index contributed by atoms with van der Waals surface area (Å²) in [5, 5.41) is 4.12. The molecule has 21 heavy (non-hydrogen) atoms. The van der Waals surface area contributed by atoms with Crippen molar-refractivity contribution < 1.29 is 9.26 Å². The van der Waals surface area contributed by atoms with Gasteiger partial charge in [-0.1, -0.05) is 11.2 Å². The highest BCUT2D eigenvalue weighted by molar-refractivity contribution is 5.60. The normalized spacial score (nSPS) is 18.7. The molecule has 0 spiro atoms. The lowest BCUT2D eigenvalue weighted by Crippen LogP contribution is -2.00. The topological polar surface area (TPSA) is 65.5 Å². The van der Waals surface area contributed by atoms with Crippen LogP contribution in [0, 0.1) is 13.8 Å². The average molecular weight is 284 g/mol. The summed E-state index contributed by atoms with van der Waals surface area (Å²) in [7, 11) is 0. The number of pyridine rings is 1. The van der Waals surface area contributed by atoms with Gasteiger partial charge in [0.05, 0.1) is 12.3 Å². The second kappa shape index (κ2) is 4.66. The van der Waals surface area contributed by atoms with Crippen LogP contribution >= 0.6 is 0 Å². The van der Waals surface area contributed by atoms with Gasteiger partial charge in [-0.15, -0.1) is 0 Å². The summed E-state index contributed by atoms with van der Waals surface area (Å²) in [5.41, 5.74) is 3.80. The van der Waals surface area contributed by atoms with Gasteiger partial charge in [0.25, 0.3) is 5.89 Å². The number of aromatic nitrogens is 4. The fourth-order valence-electron chi connectivity index (χ4n) is 2.76. The molecule has 6 heteroatoms. The van der Waals surface area contributed by atoms with Gasteiger partial charge in [-0.3, -0.25) is 4.40 Å². The largest absolute Gasteiger partial charge is 0.381 e. The summed E-state index contributed by atoms with van der Waals surface area (Å²) in [6.07, 6.45) is 2.98. The highest BCUT2D eigenvalue weighted by Gasteiger charge is 2.25. The minimum atomic E-state index is 0.240.